The number of ketones is 1. The Morgan fingerprint density at radius 2 is 1.78 bits per heavy atom. The van der Waals surface area contributed by atoms with E-state index < -0.39 is 10.5 Å². The quantitative estimate of drug-likeness (QED) is 0.454. The van der Waals surface area contributed by atoms with Gasteiger partial charge in [-0.1, -0.05) is 0 Å². The number of anilines is 1. The molecule has 10 heteroatoms. The second-order valence-electron chi connectivity index (χ2n) is 9.53. The monoisotopic (exact) mass is 495 g/mol. The van der Waals surface area contributed by atoms with Crippen molar-refractivity contribution in [2.45, 2.75) is 37.7 Å². The molecule has 0 N–H and O–H groups in total. The third-order valence-corrected chi connectivity index (χ3v) is 7.41. The van der Waals surface area contributed by atoms with Gasteiger partial charge in [-0.15, -0.1) is 0 Å². The first-order valence-electron chi connectivity index (χ1n) is 12.1. The number of methoxy groups -OCH3 is 2. The van der Waals surface area contributed by atoms with Crippen LogP contribution in [0.5, 0.6) is 17.2 Å². The van der Waals surface area contributed by atoms with Crippen molar-refractivity contribution in [2.24, 2.45) is 0 Å². The summed E-state index contributed by atoms with van der Waals surface area (Å²) in [6.45, 7) is 2.32. The highest BCUT2D eigenvalue weighted by molar-refractivity contribution is 6.03. The number of carbonyl (C=O) groups is 2. The molecule has 1 amide bonds. The minimum atomic E-state index is -0.718. The fourth-order valence-electron chi connectivity index (χ4n) is 5.46. The summed E-state index contributed by atoms with van der Waals surface area (Å²) in [4.78, 5) is 41.3. The molecule has 0 radical (unpaired) electrons. The summed E-state index contributed by atoms with van der Waals surface area (Å²) in [5.74, 6) is 1.05. The lowest BCUT2D eigenvalue weighted by atomic mass is 9.82. The van der Waals surface area contributed by atoms with Crippen molar-refractivity contribution in [3.8, 4) is 17.2 Å². The van der Waals surface area contributed by atoms with Crippen LogP contribution in [-0.2, 0) is 0 Å². The highest BCUT2D eigenvalue weighted by Gasteiger charge is 2.45. The Hall–Kier alpha value is -3.82. The number of piperidine rings is 1. The first-order chi connectivity index (χ1) is 17.3. The van der Waals surface area contributed by atoms with E-state index in [1.807, 2.05) is 4.90 Å². The summed E-state index contributed by atoms with van der Waals surface area (Å²) in [6.07, 6.45) is 3.14. The van der Waals surface area contributed by atoms with E-state index in [1.54, 1.807) is 29.2 Å². The zero-order chi connectivity index (χ0) is 25.4. The lowest BCUT2D eigenvalue weighted by molar-refractivity contribution is -0.384. The van der Waals surface area contributed by atoms with Crippen LogP contribution >= 0.6 is 0 Å². The van der Waals surface area contributed by atoms with E-state index in [2.05, 4.69) is 0 Å². The van der Waals surface area contributed by atoms with E-state index in [4.69, 9.17) is 14.2 Å². The van der Waals surface area contributed by atoms with Crippen molar-refractivity contribution in [2.75, 3.05) is 45.3 Å². The molecule has 36 heavy (non-hydrogen) atoms. The number of hydrogen-bond donors (Lipinski definition) is 0. The molecule has 0 aromatic heterocycles. The molecule has 2 saturated heterocycles. The maximum Gasteiger partial charge on any atom is 0.293 e. The molecule has 3 aliphatic heterocycles. The SMILES string of the molecule is COc1cc(OC)c2c(c1)OC1(CCN(C(=O)c3ccc(N4CCCC4)c([N+](=O)[O-])c3)CC1)CC2=O. The third-order valence-electron chi connectivity index (χ3n) is 7.41. The topological polar surface area (TPSA) is 111 Å². The molecule has 0 unspecified atom stereocenters. The smallest absolute Gasteiger partial charge is 0.293 e. The number of rotatable bonds is 5. The van der Waals surface area contributed by atoms with Crippen LogP contribution < -0.4 is 19.1 Å². The van der Waals surface area contributed by atoms with E-state index in [0.717, 1.165) is 25.9 Å². The molecule has 3 aliphatic rings. The van der Waals surface area contributed by atoms with Gasteiger partial charge in [0, 0.05) is 62.8 Å². The predicted molar refractivity (Wildman–Crippen MR) is 132 cm³/mol. The summed E-state index contributed by atoms with van der Waals surface area (Å²) in [5.41, 5.74) is 0.500. The number of Topliss-reactive ketones (excluding diaryl/α,β-unsaturated/α-hetero) is 1. The number of amides is 1. The molecule has 2 aromatic rings. The van der Waals surface area contributed by atoms with Crippen LogP contribution in [0.1, 0.15) is 52.8 Å². The number of ether oxygens (including phenoxy) is 3. The van der Waals surface area contributed by atoms with Gasteiger partial charge in [0.25, 0.3) is 11.6 Å². The second-order valence-corrected chi connectivity index (χ2v) is 9.53. The van der Waals surface area contributed by atoms with Gasteiger partial charge in [0.1, 0.15) is 34.1 Å². The Balaban J connectivity index is 1.33. The highest BCUT2D eigenvalue weighted by atomic mass is 16.6. The summed E-state index contributed by atoms with van der Waals surface area (Å²) in [6, 6.07) is 8.09. The lowest BCUT2D eigenvalue weighted by Gasteiger charge is -2.44. The lowest BCUT2D eigenvalue weighted by Crippen LogP contribution is -2.52. The Labute approximate surface area is 208 Å². The Bertz CT molecular complexity index is 1210. The number of benzene rings is 2. The Morgan fingerprint density at radius 3 is 2.42 bits per heavy atom. The zero-order valence-electron chi connectivity index (χ0n) is 20.5. The molecule has 1 spiro atoms. The van der Waals surface area contributed by atoms with Crippen LogP contribution in [0, 0.1) is 10.1 Å². The second kappa shape index (κ2) is 9.33. The maximum absolute atomic E-state index is 13.3. The molecule has 190 valence electrons. The molecule has 5 rings (SSSR count). The van der Waals surface area contributed by atoms with E-state index in [9.17, 15) is 19.7 Å². The molecule has 2 aromatic carbocycles. The molecular formula is C26H29N3O7. The minimum absolute atomic E-state index is 0.0445. The van der Waals surface area contributed by atoms with Crippen LogP contribution in [0.25, 0.3) is 0 Å². The molecule has 10 nitrogen and oxygen atoms in total. The molecule has 0 bridgehead atoms. The van der Waals surface area contributed by atoms with Crippen LogP contribution in [0.15, 0.2) is 30.3 Å². The summed E-state index contributed by atoms with van der Waals surface area (Å²) >= 11 is 0. The van der Waals surface area contributed by atoms with Gasteiger partial charge in [0.15, 0.2) is 5.78 Å². The number of carbonyl (C=O) groups excluding carboxylic acids is 2. The zero-order valence-corrected chi connectivity index (χ0v) is 20.5. The van der Waals surface area contributed by atoms with E-state index >= 15 is 0 Å². The molecule has 0 aliphatic carbocycles. The summed E-state index contributed by atoms with van der Waals surface area (Å²) in [5, 5.41) is 11.7. The van der Waals surface area contributed by atoms with Crippen LogP contribution in [0.4, 0.5) is 11.4 Å². The molecule has 2 fully saturated rings. The van der Waals surface area contributed by atoms with Crippen LogP contribution in [0.2, 0.25) is 0 Å². The third kappa shape index (κ3) is 4.20. The van der Waals surface area contributed by atoms with Crippen LogP contribution in [0.3, 0.4) is 0 Å². The van der Waals surface area contributed by atoms with Gasteiger partial charge in [-0.2, -0.15) is 0 Å². The van der Waals surface area contributed by atoms with Gasteiger partial charge < -0.3 is 24.0 Å². The van der Waals surface area contributed by atoms with Crippen LogP contribution in [-0.4, -0.2) is 67.5 Å². The normalized spacial score (nSPS) is 18.6. The molecule has 0 atom stereocenters. The molecule has 3 heterocycles. The molecular weight excluding hydrogens is 466 g/mol. The average Bonchev–Trinajstić information content (AvgIpc) is 3.42. The van der Waals surface area contributed by atoms with E-state index in [0.29, 0.717) is 60.0 Å². The van der Waals surface area contributed by atoms with Gasteiger partial charge in [0.2, 0.25) is 0 Å². The summed E-state index contributed by atoms with van der Waals surface area (Å²) in [7, 11) is 3.03. The first kappa shape index (κ1) is 23.9. The fourth-order valence-corrected chi connectivity index (χ4v) is 5.46. The van der Waals surface area contributed by atoms with Gasteiger partial charge in [-0.3, -0.25) is 19.7 Å². The van der Waals surface area contributed by atoms with Gasteiger partial charge in [0.05, 0.1) is 25.6 Å². The van der Waals surface area contributed by atoms with Crippen molar-refractivity contribution in [1.29, 1.82) is 0 Å². The minimum Gasteiger partial charge on any atom is -0.496 e. The predicted octanol–water partition coefficient (Wildman–Crippen LogP) is 3.85. The van der Waals surface area contributed by atoms with Gasteiger partial charge >= 0.3 is 0 Å². The van der Waals surface area contributed by atoms with E-state index in [-0.39, 0.29) is 23.8 Å². The number of hydrogen-bond acceptors (Lipinski definition) is 8. The fraction of sp³-hybridized carbons (Fsp3) is 0.462. The molecule has 0 saturated carbocycles. The largest absolute Gasteiger partial charge is 0.496 e. The number of fused-ring (bicyclic) bond motifs is 1. The Kier molecular flexibility index (Phi) is 6.19. The first-order valence-corrected chi connectivity index (χ1v) is 12.1. The standard InChI is InChI=1S/C26H29N3O7/c1-34-18-14-22(35-2)24-21(30)16-26(36-23(24)15-18)7-11-28(12-8-26)25(31)17-5-6-19(20(13-17)29(32)33)27-9-3-4-10-27/h5-6,13-15H,3-4,7-12,16H2,1-2H3. The maximum atomic E-state index is 13.3. The van der Waals surface area contributed by atoms with E-state index in [1.165, 1.54) is 20.3 Å². The average molecular weight is 496 g/mol. The van der Waals surface area contributed by atoms with Crippen molar-refractivity contribution in [1.82, 2.24) is 4.90 Å². The highest BCUT2D eigenvalue weighted by Crippen LogP contribution is 2.45. The number of nitro benzene ring substituents is 1. The Morgan fingerprint density at radius 1 is 1.06 bits per heavy atom. The van der Waals surface area contributed by atoms with Gasteiger partial charge in [-0.05, 0) is 25.0 Å². The summed E-state index contributed by atoms with van der Waals surface area (Å²) < 4.78 is 17.1. The van der Waals surface area contributed by atoms with Crippen molar-refractivity contribution in [3.63, 3.8) is 0 Å². The van der Waals surface area contributed by atoms with Crippen molar-refractivity contribution >= 4 is 23.1 Å². The van der Waals surface area contributed by atoms with Crippen molar-refractivity contribution < 1.29 is 28.7 Å². The van der Waals surface area contributed by atoms with Gasteiger partial charge in [-0.25, -0.2) is 0 Å². The van der Waals surface area contributed by atoms with Crippen molar-refractivity contribution in [3.05, 3.63) is 51.6 Å². The number of nitrogens with zero attached hydrogens (tertiary/aromatic N) is 3. The number of nitro groups is 1. The number of likely N-dealkylation sites (tertiary alicyclic amines) is 1.